The summed E-state index contributed by atoms with van der Waals surface area (Å²) < 4.78 is 5.53. The van der Waals surface area contributed by atoms with Gasteiger partial charge >= 0.3 is 6.09 Å². The summed E-state index contributed by atoms with van der Waals surface area (Å²) in [6.07, 6.45) is 1.77. The van der Waals surface area contributed by atoms with E-state index >= 15 is 0 Å². The Morgan fingerprint density at radius 1 is 0.977 bits per heavy atom. The lowest BCUT2D eigenvalue weighted by Gasteiger charge is -2.43. The van der Waals surface area contributed by atoms with E-state index in [-0.39, 0.29) is 18.2 Å². The Morgan fingerprint density at radius 2 is 1.66 bits per heavy atom. The van der Waals surface area contributed by atoms with Crippen molar-refractivity contribution < 1.29 is 24.2 Å². The molecular weight excluding hydrogens is 578 g/mol. The van der Waals surface area contributed by atoms with Crippen LogP contribution in [0.5, 0.6) is 5.75 Å². The Morgan fingerprint density at radius 3 is 2.23 bits per heavy atom. The van der Waals surface area contributed by atoms with Gasteiger partial charge in [0, 0.05) is 12.5 Å². The van der Waals surface area contributed by atoms with Crippen LogP contribution in [-0.2, 0) is 20.7 Å². The molecule has 4 rings (SSSR count). The van der Waals surface area contributed by atoms with E-state index in [4.69, 9.17) is 16.3 Å². The number of aromatic hydroxyl groups is 1. The van der Waals surface area contributed by atoms with Crippen LogP contribution in [0, 0.1) is 20.8 Å². The fourth-order valence-electron chi connectivity index (χ4n) is 5.24. The highest BCUT2D eigenvalue weighted by atomic mass is 35.5. The van der Waals surface area contributed by atoms with Crippen LogP contribution < -0.4 is 10.6 Å². The predicted octanol–water partition coefficient (Wildman–Crippen LogP) is 7.17. The molecule has 44 heavy (non-hydrogen) atoms. The summed E-state index contributed by atoms with van der Waals surface area (Å²) in [7, 11) is 0. The van der Waals surface area contributed by atoms with Crippen LogP contribution in [0.4, 0.5) is 10.5 Å². The first kappa shape index (κ1) is 32.9. The molecule has 1 saturated carbocycles. The molecule has 0 bridgehead atoms. The van der Waals surface area contributed by atoms with Crippen LogP contribution in [0.3, 0.4) is 0 Å². The maximum atomic E-state index is 14.7. The Hall–Kier alpha value is -4.04. The molecule has 2 unspecified atom stereocenters. The summed E-state index contributed by atoms with van der Waals surface area (Å²) in [4.78, 5) is 43.7. The fraction of sp³-hybridized carbons (Fsp3) is 0.400. The van der Waals surface area contributed by atoms with Gasteiger partial charge < -0.3 is 25.4 Å². The zero-order valence-electron chi connectivity index (χ0n) is 26.2. The third kappa shape index (κ3) is 8.11. The molecule has 0 saturated heterocycles. The molecule has 0 radical (unpaired) electrons. The van der Waals surface area contributed by atoms with Gasteiger partial charge in [0.25, 0.3) is 5.91 Å². The van der Waals surface area contributed by atoms with Gasteiger partial charge in [-0.15, -0.1) is 0 Å². The van der Waals surface area contributed by atoms with Crippen molar-refractivity contribution in [3.8, 4) is 5.75 Å². The van der Waals surface area contributed by atoms with Crippen LogP contribution in [0.1, 0.15) is 73.9 Å². The Balaban J connectivity index is 1.79. The molecule has 8 nitrogen and oxygen atoms in total. The number of phenols is 1. The van der Waals surface area contributed by atoms with Crippen LogP contribution in [0.25, 0.3) is 0 Å². The van der Waals surface area contributed by atoms with Crippen molar-refractivity contribution in [3.05, 3.63) is 93.5 Å². The van der Waals surface area contributed by atoms with Gasteiger partial charge in [-0.2, -0.15) is 0 Å². The van der Waals surface area contributed by atoms with E-state index < -0.39 is 35.6 Å². The Bertz CT molecular complexity index is 1490. The summed E-state index contributed by atoms with van der Waals surface area (Å²) in [5, 5.41) is 16.0. The molecule has 0 aliphatic heterocycles. The van der Waals surface area contributed by atoms with E-state index in [1.807, 2.05) is 51.1 Å². The highest BCUT2D eigenvalue weighted by molar-refractivity contribution is 6.34. The molecule has 9 heteroatoms. The molecule has 2 atom stereocenters. The quantitative estimate of drug-likeness (QED) is 0.235. The second-order valence-corrected chi connectivity index (χ2v) is 13.0. The third-order valence-corrected chi connectivity index (χ3v) is 8.25. The summed E-state index contributed by atoms with van der Waals surface area (Å²) in [6.45, 7) is 11.1. The average molecular weight is 620 g/mol. The number of hydrogen-bond acceptors (Lipinski definition) is 5. The Kier molecular flexibility index (Phi) is 10.3. The monoisotopic (exact) mass is 619 g/mol. The van der Waals surface area contributed by atoms with Crippen molar-refractivity contribution >= 4 is 35.2 Å². The van der Waals surface area contributed by atoms with E-state index in [1.54, 1.807) is 43.9 Å². The minimum atomic E-state index is -1.04. The number of carbonyl (C=O) groups is 3. The summed E-state index contributed by atoms with van der Waals surface area (Å²) in [6, 6.07) is 15.4. The van der Waals surface area contributed by atoms with Gasteiger partial charge in [-0.25, -0.2) is 4.79 Å². The van der Waals surface area contributed by atoms with E-state index in [1.165, 1.54) is 12.1 Å². The number of anilines is 1. The van der Waals surface area contributed by atoms with Gasteiger partial charge in [0.15, 0.2) is 0 Å². The van der Waals surface area contributed by atoms with Crippen molar-refractivity contribution in [3.63, 3.8) is 0 Å². The molecular formula is C35H42ClN3O5. The number of ether oxygens (including phenoxy) is 1. The lowest BCUT2D eigenvalue weighted by Crippen LogP contribution is -2.57. The summed E-state index contributed by atoms with van der Waals surface area (Å²) >= 11 is 6.50. The number of nitrogens with one attached hydrogen (secondary N) is 2. The number of carbonyl (C=O) groups excluding carboxylic acids is 3. The normalized spacial score (nSPS) is 14.6. The van der Waals surface area contributed by atoms with E-state index in [2.05, 4.69) is 10.6 Å². The number of phenolic OH excluding ortho intramolecular Hbond substituents is 1. The predicted molar refractivity (Wildman–Crippen MR) is 173 cm³/mol. The number of benzene rings is 3. The topological polar surface area (TPSA) is 108 Å². The standard InChI is InChI=1S/C35H42ClN3O5/c1-21-13-16-25(19-23(21)3)31(32(41)38-30-22(2)9-7-12-28(30)36)39(26-10-8-11-26)33(42)29(37-34(43)44-35(4,5)6)20-24-14-17-27(40)18-15-24/h7,9,12-19,26,29,31,40H,8,10-11,20H2,1-6H3,(H,37,43)(H,38,41). The minimum Gasteiger partial charge on any atom is -0.508 e. The number of hydrogen-bond donors (Lipinski definition) is 3. The molecule has 1 fully saturated rings. The lowest BCUT2D eigenvalue weighted by atomic mass is 9.87. The van der Waals surface area contributed by atoms with Crippen molar-refractivity contribution in [2.45, 2.75) is 91.0 Å². The zero-order chi connectivity index (χ0) is 32.2. The maximum Gasteiger partial charge on any atom is 0.408 e. The van der Waals surface area contributed by atoms with Gasteiger partial charge in [-0.1, -0.05) is 54.1 Å². The SMILES string of the molecule is Cc1ccc(C(C(=O)Nc2c(C)cccc2Cl)N(C(=O)C(Cc2ccc(O)cc2)NC(=O)OC(C)(C)C)C2CCC2)cc1C. The van der Waals surface area contributed by atoms with E-state index in [9.17, 15) is 19.5 Å². The first-order chi connectivity index (χ1) is 20.7. The van der Waals surface area contributed by atoms with Crippen molar-refractivity contribution in [2.75, 3.05) is 5.32 Å². The van der Waals surface area contributed by atoms with Gasteiger partial charge in [-0.05, 0) is 107 Å². The molecule has 234 valence electrons. The lowest BCUT2D eigenvalue weighted by molar-refractivity contribution is -0.145. The highest BCUT2D eigenvalue weighted by Crippen LogP contribution is 2.36. The molecule has 3 amide bonds. The number of halogens is 1. The highest BCUT2D eigenvalue weighted by Gasteiger charge is 2.42. The molecule has 3 N–H and O–H groups in total. The third-order valence-electron chi connectivity index (χ3n) is 7.93. The molecule has 0 spiro atoms. The first-order valence-corrected chi connectivity index (χ1v) is 15.3. The van der Waals surface area contributed by atoms with E-state index in [0.717, 1.165) is 41.5 Å². The summed E-state index contributed by atoms with van der Waals surface area (Å²) in [5.41, 5.74) is 3.94. The number of alkyl carbamates (subject to hydrolysis) is 1. The van der Waals surface area contributed by atoms with Crippen LogP contribution in [0.15, 0.2) is 60.7 Å². The van der Waals surface area contributed by atoms with Crippen LogP contribution in [-0.4, -0.2) is 45.6 Å². The fourth-order valence-corrected chi connectivity index (χ4v) is 5.50. The number of aryl methyl sites for hydroxylation is 3. The molecule has 0 aromatic heterocycles. The molecule has 3 aromatic rings. The van der Waals surface area contributed by atoms with Gasteiger partial charge in [-0.3, -0.25) is 9.59 Å². The van der Waals surface area contributed by atoms with Crippen molar-refractivity contribution in [2.24, 2.45) is 0 Å². The average Bonchev–Trinajstić information content (AvgIpc) is 2.91. The number of nitrogens with zero attached hydrogens (tertiary/aromatic N) is 1. The second kappa shape index (κ2) is 13.7. The number of rotatable bonds is 9. The van der Waals surface area contributed by atoms with Gasteiger partial charge in [0.05, 0.1) is 10.7 Å². The smallest absolute Gasteiger partial charge is 0.408 e. The molecule has 1 aliphatic carbocycles. The summed E-state index contributed by atoms with van der Waals surface area (Å²) in [5.74, 6) is -0.706. The minimum absolute atomic E-state index is 0.0918. The van der Waals surface area contributed by atoms with Crippen LogP contribution >= 0.6 is 11.6 Å². The van der Waals surface area contributed by atoms with Gasteiger partial charge in [0.2, 0.25) is 5.91 Å². The van der Waals surface area contributed by atoms with Crippen molar-refractivity contribution in [1.82, 2.24) is 10.2 Å². The largest absolute Gasteiger partial charge is 0.508 e. The molecule has 3 aromatic carbocycles. The van der Waals surface area contributed by atoms with Crippen molar-refractivity contribution in [1.29, 1.82) is 0 Å². The number of para-hydroxylation sites is 1. The number of amides is 3. The zero-order valence-corrected chi connectivity index (χ0v) is 27.0. The van der Waals surface area contributed by atoms with Gasteiger partial charge in [0.1, 0.15) is 23.4 Å². The van der Waals surface area contributed by atoms with E-state index in [0.29, 0.717) is 16.3 Å². The maximum absolute atomic E-state index is 14.7. The first-order valence-electron chi connectivity index (χ1n) is 15.0. The van der Waals surface area contributed by atoms with Crippen LogP contribution in [0.2, 0.25) is 5.02 Å². The molecule has 1 aliphatic rings. The second-order valence-electron chi connectivity index (χ2n) is 12.6. The Labute approximate surface area is 264 Å². The molecule has 0 heterocycles.